The first-order valence-corrected chi connectivity index (χ1v) is 6.69. The van der Waals surface area contributed by atoms with Gasteiger partial charge < -0.3 is 20.5 Å². The number of amides is 1. The Kier molecular flexibility index (Phi) is 6.05. The maximum absolute atomic E-state index is 11.7. The Balaban J connectivity index is 2.23. The van der Waals surface area contributed by atoms with Gasteiger partial charge in [0, 0.05) is 25.6 Å². The molecule has 1 aliphatic rings. The van der Waals surface area contributed by atoms with Crippen LogP contribution in [0.25, 0.3) is 0 Å². The lowest BCUT2D eigenvalue weighted by Crippen LogP contribution is -2.46. The fourth-order valence-corrected chi connectivity index (χ4v) is 2.29. The number of rotatable bonds is 6. The normalized spacial score (nSPS) is 23.7. The van der Waals surface area contributed by atoms with Crippen LogP contribution < -0.4 is 10.6 Å². The summed E-state index contributed by atoms with van der Waals surface area (Å²) in [6.45, 7) is 8.26. The first-order chi connectivity index (χ1) is 8.39. The Morgan fingerprint density at radius 1 is 1.61 bits per heavy atom. The highest BCUT2D eigenvalue weighted by atomic mass is 16.5. The fraction of sp³-hybridized carbons (Fsp3) is 0.923. The largest absolute Gasteiger partial charge is 0.388 e. The van der Waals surface area contributed by atoms with Crippen LogP contribution in [0.15, 0.2) is 0 Å². The van der Waals surface area contributed by atoms with E-state index in [1.807, 2.05) is 0 Å². The molecule has 1 aliphatic heterocycles. The highest BCUT2D eigenvalue weighted by molar-refractivity contribution is 5.76. The number of aliphatic hydroxyl groups is 1. The van der Waals surface area contributed by atoms with Crippen LogP contribution in [-0.4, -0.2) is 49.0 Å². The van der Waals surface area contributed by atoms with Crippen LogP contribution in [0.2, 0.25) is 0 Å². The highest BCUT2D eigenvalue weighted by Gasteiger charge is 2.23. The van der Waals surface area contributed by atoms with Crippen LogP contribution in [0.5, 0.6) is 0 Å². The van der Waals surface area contributed by atoms with Gasteiger partial charge in [-0.1, -0.05) is 13.8 Å². The van der Waals surface area contributed by atoms with Gasteiger partial charge in [-0.2, -0.15) is 0 Å². The van der Waals surface area contributed by atoms with Crippen LogP contribution in [0.3, 0.4) is 0 Å². The number of ether oxygens (including phenoxy) is 1. The summed E-state index contributed by atoms with van der Waals surface area (Å²) in [5.41, 5.74) is -0.833. The van der Waals surface area contributed by atoms with Crippen molar-refractivity contribution in [1.82, 2.24) is 10.6 Å². The Morgan fingerprint density at radius 2 is 2.33 bits per heavy atom. The van der Waals surface area contributed by atoms with E-state index in [1.165, 1.54) is 0 Å². The van der Waals surface area contributed by atoms with Crippen molar-refractivity contribution in [2.45, 2.75) is 45.3 Å². The molecule has 0 spiro atoms. The summed E-state index contributed by atoms with van der Waals surface area (Å²) in [5, 5.41) is 16.1. The average Bonchev–Trinajstić information content (AvgIpc) is 2.26. The van der Waals surface area contributed by atoms with Crippen molar-refractivity contribution in [2.75, 3.05) is 26.3 Å². The van der Waals surface area contributed by atoms with Gasteiger partial charge in [0.05, 0.1) is 18.8 Å². The van der Waals surface area contributed by atoms with E-state index in [9.17, 15) is 9.90 Å². The number of hydrogen-bond acceptors (Lipinski definition) is 4. The van der Waals surface area contributed by atoms with Crippen molar-refractivity contribution >= 4 is 5.91 Å². The van der Waals surface area contributed by atoms with Crippen LogP contribution in [0.4, 0.5) is 0 Å². The van der Waals surface area contributed by atoms with Gasteiger partial charge in [0.1, 0.15) is 0 Å². The van der Waals surface area contributed by atoms with Gasteiger partial charge in [-0.15, -0.1) is 0 Å². The summed E-state index contributed by atoms with van der Waals surface area (Å²) < 4.78 is 5.29. The lowest BCUT2D eigenvalue weighted by atomic mass is 9.94. The number of hydrogen-bond donors (Lipinski definition) is 3. The van der Waals surface area contributed by atoms with Crippen molar-refractivity contribution in [1.29, 1.82) is 0 Å². The van der Waals surface area contributed by atoms with Crippen molar-refractivity contribution in [2.24, 2.45) is 5.92 Å². The lowest BCUT2D eigenvalue weighted by Gasteiger charge is -2.27. The predicted molar refractivity (Wildman–Crippen MR) is 70.3 cm³/mol. The quantitative estimate of drug-likeness (QED) is 0.640. The number of carbonyl (C=O) groups excluding carboxylic acids is 1. The predicted octanol–water partition coefficient (Wildman–Crippen LogP) is 0.278. The zero-order valence-electron chi connectivity index (χ0n) is 11.7. The van der Waals surface area contributed by atoms with Gasteiger partial charge in [0.15, 0.2) is 0 Å². The zero-order valence-corrected chi connectivity index (χ0v) is 11.7. The molecule has 0 aliphatic carbocycles. The molecular weight excluding hydrogens is 232 g/mol. The molecular formula is C13H26N2O3. The molecule has 0 aromatic heterocycles. The molecule has 0 bridgehead atoms. The smallest absolute Gasteiger partial charge is 0.221 e. The summed E-state index contributed by atoms with van der Waals surface area (Å²) in [5.74, 6) is 0.368. The molecule has 0 saturated carbocycles. The molecule has 1 saturated heterocycles. The summed E-state index contributed by atoms with van der Waals surface area (Å²) in [6, 6.07) is 0.0915. The van der Waals surface area contributed by atoms with Crippen LogP contribution >= 0.6 is 0 Å². The number of carbonyl (C=O) groups is 1. The van der Waals surface area contributed by atoms with Gasteiger partial charge in [-0.3, -0.25) is 4.79 Å². The molecule has 2 unspecified atom stereocenters. The van der Waals surface area contributed by atoms with E-state index in [2.05, 4.69) is 24.5 Å². The zero-order chi connectivity index (χ0) is 13.6. The van der Waals surface area contributed by atoms with Crippen molar-refractivity contribution in [3.05, 3.63) is 0 Å². The van der Waals surface area contributed by atoms with Crippen LogP contribution in [0.1, 0.15) is 33.6 Å². The molecule has 1 rings (SSSR count). The van der Waals surface area contributed by atoms with E-state index in [4.69, 9.17) is 4.74 Å². The first kappa shape index (κ1) is 15.4. The van der Waals surface area contributed by atoms with Gasteiger partial charge >= 0.3 is 0 Å². The van der Waals surface area contributed by atoms with Crippen LogP contribution in [-0.2, 0) is 9.53 Å². The third-order valence-corrected chi connectivity index (χ3v) is 2.94. The van der Waals surface area contributed by atoms with E-state index in [0.717, 1.165) is 6.54 Å². The topological polar surface area (TPSA) is 70.6 Å². The monoisotopic (exact) mass is 258 g/mol. The average molecular weight is 258 g/mol. The minimum absolute atomic E-state index is 0.0398. The van der Waals surface area contributed by atoms with E-state index < -0.39 is 5.60 Å². The maximum atomic E-state index is 11.7. The standard InChI is InChI=1S/C13H26N2O3/c1-10(2)7-13(3,17)9-15-12(16)6-11-8-18-5-4-14-11/h10-11,14,17H,4-9H2,1-3H3,(H,15,16). The second-order valence-corrected chi connectivity index (χ2v) is 5.80. The molecule has 18 heavy (non-hydrogen) atoms. The molecule has 0 radical (unpaired) electrons. The third kappa shape index (κ3) is 6.33. The second-order valence-electron chi connectivity index (χ2n) is 5.80. The molecule has 3 N–H and O–H groups in total. The first-order valence-electron chi connectivity index (χ1n) is 6.69. The Morgan fingerprint density at radius 3 is 2.89 bits per heavy atom. The molecule has 0 aromatic carbocycles. The van der Waals surface area contributed by atoms with E-state index in [1.54, 1.807) is 6.92 Å². The van der Waals surface area contributed by atoms with E-state index >= 15 is 0 Å². The van der Waals surface area contributed by atoms with Crippen molar-refractivity contribution in [3.8, 4) is 0 Å². The Hall–Kier alpha value is -0.650. The highest BCUT2D eigenvalue weighted by Crippen LogP contribution is 2.15. The van der Waals surface area contributed by atoms with Gasteiger partial charge in [0.25, 0.3) is 0 Å². The second kappa shape index (κ2) is 7.07. The number of morpholine rings is 1. The Bertz CT molecular complexity index is 261. The third-order valence-electron chi connectivity index (χ3n) is 2.94. The molecule has 0 aromatic rings. The fourth-order valence-electron chi connectivity index (χ4n) is 2.29. The summed E-state index contributed by atoms with van der Waals surface area (Å²) in [4.78, 5) is 11.7. The minimum atomic E-state index is -0.833. The maximum Gasteiger partial charge on any atom is 0.221 e. The Labute approximate surface area is 109 Å². The SMILES string of the molecule is CC(C)CC(C)(O)CNC(=O)CC1COCCN1. The summed E-state index contributed by atoms with van der Waals surface area (Å²) in [7, 11) is 0. The van der Waals surface area contributed by atoms with Gasteiger partial charge in [-0.05, 0) is 19.3 Å². The molecule has 1 amide bonds. The van der Waals surface area contributed by atoms with Crippen molar-refractivity contribution < 1.29 is 14.6 Å². The molecule has 1 heterocycles. The van der Waals surface area contributed by atoms with Crippen molar-refractivity contribution in [3.63, 3.8) is 0 Å². The van der Waals surface area contributed by atoms with E-state index in [-0.39, 0.29) is 11.9 Å². The molecule has 1 fully saturated rings. The van der Waals surface area contributed by atoms with Gasteiger partial charge in [-0.25, -0.2) is 0 Å². The molecule has 106 valence electrons. The van der Waals surface area contributed by atoms with Crippen LogP contribution in [0, 0.1) is 5.92 Å². The lowest BCUT2D eigenvalue weighted by molar-refractivity contribution is -0.123. The molecule has 2 atom stereocenters. The molecule has 5 nitrogen and oxygen atoms in total. The summed E-state index contributed by atoms with van der Waals surface area (Å²) >= 11 is 0. The minimum Gasteiger partial charge on any atom is -0.388 e. The van der Waals surface area contributed by atoms with Gasteiger partial charge in [0.2, 0.25) is 5.91 Å². The number of nitrogens with one attached hydrogen (secondary N) is 2. The summed E-state index contributed by atoms with van der Waals surface area (Å²) in [6.07, 6.45) is 1.08. The molecule has 5 heteroatoms. The van der Waals surface area contributed by atoms with E-state index in [0.29, 0.717) is 38.5 Å².